The van der Waals surface area contributed by atoms with Crippen LogP contribution in [0.2, 0.25) is 5.02 Å². The Balaban J connectivity index is 1.52. The van der Waals surface area contributed by atoms with Gasteiger partial charge in [0.05, 0.1) is 20.9 Å². The minimum Gasteiger partial charge on any atom is -0.354 e. The number of nitrogens with zero attached hydrogens (tertiary/aromatic N) is 4. The van der Waals surface area contributed by atoms with Crippen LogP contribution in [0.25, 0.3) is 0 Å². The molecule has 26 heavy (non-hydrogen) atoms. The maximum Gasteiger partial charge on any atom is 0.283 e. The van der Waals surface area contributed by atoms with Crippen LogP contribution in [0.1, 0.15) is 48.7 Å². The number of aromatic nitrogens is 4. The Morgan fingerprint density at radius 2 is 2.19 bits per heavy atom. The fourth-order valence-electron chi connectivity index (χ4n) is 2.75. The smallest absolute Gasteiger partial charge is 0.283 e. The second kappa shape index (κ2) is 8.04. The van der Waals surface area contributed by atoms with Crippen LogP contribution in [0.15, 0.2) is 10.7 Å². The van der Waals surface area contributed by atoms with Crippen molar-refractivity contribution in [2.75, 3.05) is 6.54 Å². The standard InChI is InChI=1S/C16H19BrClF2N5O/c1-9-11(18)7-24(22-9)6-2-5-21-12(26)8-25-15(10-3-4-10)13(17)14(23-25)16(19)20/h7,10,16H,2-6,8H2,1H3,(H,21,26). The summed E-state index contributed by atoms with van der Waals surface area (Å²) in [6.45, 7) is 2.85. The molecule has 0 aliphatic heterocycles. The first-order valence-corrected chi connectivity index (χ1v) is 9.54. The zero-order valence-electron chi connectivity index (χ0n) is 14.2. The third kappa shape index (κ3) is 4.43. The topological polar surface area (TPSA) is 64.7 Å². The number of halogens is 4. The molecular weight excluding hydrogens is 432 g/mol. The van der Waals surface area contributed by atoms with E-state index in [9.17, 15) is 13.6 Å². The average Bonchev–Trinajstić information content (AvgIpc) is 3.28. The van der Waals surface area contributed by atoms with Gasteiger partial charge < -0.3 is 5.32 Å². The number of rotatable bonds is 8. The molecule has 10 heteroatoms. The summed E-state index contributed by atoms with van der Waals surface area (Å²) in [5.74, 6) is -0.0534. The van der Waals surface area contributed by atoms with Crippen molar-refractivity contribution in [1.82, 2.24) is 24.9 Å². The largest absolute Gasteiger partial charge is 0.354 e. The first kappa shape index (κ1) is 19.3. The molecule has 1 saturated carbocycles. The maximum absolute atomic E-state index is 13.1. The number of hydrogen-bond acceptors (Lipinski definition) is 3. The van der Waals surface area contributed by atoms with Gasteiger partial charge in [0.15, 0.2) is 0 Å². The minimum atomic E-state index is -2.67. The van der Waals surface area contributed by atoms with Crippen LogP contribution in [0.5, 0.6) is 0 Å². The van der Waals surface area contributed by atoms with Crippen molar-refractivity contribution in [3.63, 3.8) is 0 Å². The van der Waals surface area contributed by atoms with Gasteiger partial charge in [0.2, 0.25) is 5.91 Å². The molecule has 2 heterocycles. The lowest BCUT2D eigenvalue weighted by molar-refractivity contribution is -0.121. The lowest BCUT2D eigenvalue weighted by atomic mass is 10.2. The van der Waals surface area contributed by atoms with Gasteiger partial charge in [-0.05, 0) is 42.1 Å². The zero-order valence-corrected chi connectivity index (χ0v) is 16.5. The molecule has 0 aromatic carbocycles. The second-order valence-electron chi connectivity index (χ2n) is 6.35. The SMILES string of the molecule is Cc1nn(CCCNC(=O)Cn2nc(C(F)F)c(Br)c2C2CC2)cc1Cl. The number of amides is 1. The number of aryl methyl sites for hydroxylation is 2. The van der Waals surface area contributed by atoms with E-state index < -0.39 is 6.43 Å². The predicted molar refractivity (Wildman–Crippen MR) is 96.5 cm³/mol. The minimum absolute atomic E-state index is 0.0656. The van der Waals surface area contributed by atoms with Crippen LogP contribution < -0.4 is 5.32 Å². The molecule has 0 spiro atoms. The van der Waals surface area contributed by atoms with Gasteiger partial charge in [-0.2, -0.15) is 10.2 Å². The molecule has 0 saturated heterocycles. The lowest BCUT2D eigenvalue weighted by Gasteiger charge is -2.08. The second-order valence-corrected chi connectivity index (χ2v) is 7.55. The Kier molecular flexibility index (Phi) is 5.96. The number of nitrogens with one attached hydrogen (secondary N) is 1. The van der Waals surface area contributed by atoms with Gasteiger partial charge in [0, 0.05) is 25.2 Å². The van der Waals surface area contributed by atoms with E-state index in [1.54, 1.807) is 10.9 Å². The molecular formula is C16H19BrClF2N5O. The van der Waals surface area contributed by atoms with E-state index in [1.807, 2.05) is 6.92 Å². The molecule has 1 aliphatic rings. The van der Waals surface area contributed by atoms with Gasteiger partial charge in [-0.25, -0.2) is 8.78 Å². The van der Waals surface area contributed by atoms with Gasteiger partial charge >= 0.3 is 0 Å². The Bertz CT molecular complexity index is 783. The summed E-state index contributed by atoms with van der Waals surface area (Å²) in [6, 6.07) is 0. The number of carbonyl (C=O) groups excluding carboxylic acids is 1. The molecule has 0 unspecified atom stereocenters. The van der Waals surface area contributed by atoms with Crippen molar-refractivity contribution in [1.29, 1.82) is 0 Å². The third-order valence-corrected chi connectivity index (χ3v) is 5.38. The van der Waals surface area contributed by atoms with E-state index in [1.165, 1.54) is 4.68 Å². The molecule has 2 aromatic heterocycles. The Hall–Kier alpha value is -1.48. The van der Waals surface area contributed by atoms with Crippen LogP contribution in [0.3, 0.4) is 0 Å². The van der Waals surface area contributed by atoms with Crippen molar-refractivity contribution < 1.29 is 13.6 Å². The number of carbonyl (C=O) groups is 1. The zero-order chi connectivity index (χ0) is 18.8. The molecule has 1 N–H and O–H groups in total. The van der Waals surface area contributed by atoms with Crippen molar-refractivity contribution in [2.45, 2.75) is 51.6 Å². The van der Waals surface area contributed by atoms with Crippen LogP contribution >= 0.6 is 27.5 Å². The number of hydrogen-bond donors (Lipinski definition) is 1. The molecule has 1 amide bonds. The summed E-state index contributed by atoms with van der Waals surface area (Å²) in [5.41, 5.74) is 1.16. The van der Waals surface area contributed by atoms with E-state index in [-0.39, 0.29) is 24.1 Å². The lowest BCUT2D eigenvalue weighted by Crippen LogP contribution is -2.30. The van der Waals surface area contributed by atoms with E-state index in [0.717, 1.165) is 18.5 Å². The van der Waals surface area contributed by atoms with Gasteiger partial charge in [0.1, 0.15) is 12.2 Å². The molecule has 0 atom stereocenters. The van der Waals surface area contributed by atoms with Gasteiger partial charge in [-0.1, -0.05) is 11.6 Å². The highest BCUT2D eigenvalue weighted by atomic mass is 79.9. The highest BCUT2D eigenvalue weighted by molar-refractivity contribution is 9.10. The average molecular weight is 451 g/mol. The summed E-state index contributed by atoms with van der Waals surface area (Å²) in [7, 11) is 0. The highest BCUT2D eigenvalue weighted by Gasteiger charge is 2.34. The Labute approximate surface area is 163 Å². The summed E-state index contributed by atoms with van der Waals surface area (Å²) in [4.78, 5) is 12.1. The van der Waals surface area contributed by atoms with Gasteiger partial charge in [-0.3, -0.25) is 14.2 Å². The van der Waals surface area contributed by atoms with Crippen molar-refractivity contribution in [3.8, 4) is 0 Å². The van der Waals surface area contributed by atoms with E-state index in [4.69, 9.17) is 11.6 Å². The van der Waals surface area contributed by atoms with Crippen molar-refractivity contribution in [3.05, 3.63) is 32.8 Å². The third-order valence-electron chi connectivity index (χ3n) is 4.19. The van der Waals surface area contributed by atoms with E-state index >= 15 is 0 Å². The first-order valence-electron chi connectivity index (χ1n) is 8.37. The summed E-state index contributed by atoms with van der Waals surface area (Å²) < 4.78 is 29.6. The molecule has 1 fully saturated rings. The molecule has 1 aliphatic carbocycles. The fourth-order valence-corrected chi connectivity index (χ4v) is 3.68. The highest BCUT2D eigenvalue weighted by Crippen LogP contribution is 2.45. The first-order chi connectivity index (χ1) is 12.4. The van der Waals surface area contributed by atoms with Gasteiger partial charge in [0.25, 0.3) is 6.43 Å². The van der Waals surface area contributed by atoms with Crippen LogP contribution in [-0.4, -0.2) is 32.0 Å². The quantitative estimate of drug-likeness (QED) is 0.622. The molecule has 0 radical (unpaired) electrons. The Morgan fingerprint density at radius 1 is 1.46 bits per heavy atom. The predicted octanol–water partition coefficient (Wildman–Crippen LogP) is 3.83. The van der Waals surface area contributed by atoms with Gasteiger partial charge in [-0.15, -0.1) is 0 Å². The van der Waals surface area contributed by atoms with E-state index in [2.05, 4.69) is 31.4 Å². The Morgan fingerprint density at radius 3 is 2.77 bits per heavy atom. The molecule has 6 nitrogen and oxygen atoms in total. The van der Waals surface area contributed by atoms with E-state index in [0.29, 0.717) is 34.7 Å². The summed E-state index contributed by atoms with van der Waals surface area (Å²) in [6.07, 6.45) is 1.62. The van der Waals surface area contributed by atoms with Crippen LogP contribution in [0, 0.1) is 6.92 Å². The van der Waals surface area contributed by atoms with Crippen molar-refractivity contribution in [2.24, 2.45) is 0 Å². The molecule has 2 aromatic rings. The molecule has 3 rings (SSSR count). The van der Waals surface area contributed by atoms with Crippen LogP contribution in [0.4, 0.5) is 8.78 Å². The normalized spacial score (nSPS) is 14.2. The summed E-state index contributed by atoms with van der Waals surface area (Å²) >= 11 is 9.16. The maximum atomic E-state index is 13.1. The number of alkyl halides is 2. The van der Waals surface area contributed by atoms with Crippen LogP contribution in [-0.2, 0) is 17.9 Å². The van der Waals surface area contributed by atoms with Crippen molar-refractivity contribution >= 4 is 33.4 Å². The molecule has 0 bridgehead atoms. The fraction of sp³-hybridized carbons (Fsp3) is 0.562. The monoisotopic (exact) mass is 449 g/mol. The molecule has 142 valence electrons. The summed E-state index contributed by atoms with van der Waals surface area (Å²) in [5, 5.41) is 11.6.